The second kappa shape index (κ2) is 5.58. The number of rotatable bonds is 3. The summed E-state index contributed by atoms with van der Waals surface area (Å²) >= 11 is 5.80. The number of hydrogen-bond acceptors (Lipinski definition) is 4. The third-order valence-corrected chi connectivity index (χ3v) is 6.92. The highest BCUT2D eigenvalue weighted by molar-refractivity contribution is 6.30. The van der Waals surface area contributed by atoms with Gasteiger partial charge in [0.15, 0.2) is 0 Å². The Hall–Kier alpha value is -2.34. The van der Waals surface area contributed by atoms with E-state index >= 15 is 0 Å². The molecule has 1 aromatic carbocycles. The van der Waals surface area contributed by atoms with E-state index in [-0.39, 0.29) is 46.9 Å². The number of hydrogen-bond donors (Lipinski definition) is 2. The zero-order valence-electron chi connectivity index (χ0n) is 14.6. The fourth-order valence-electron chi connectivity index (χ4n) is 5.33. The number of aromatic hydroxyl groups is 1. The fourth-order valence-corrected chi connectivity index (χ4v) is 5.49. The summed E-state index contributed by atoms with van der Waals surface area (Å²) in [6, 6.07) is 3.39. The van der Waals surface area contributed by atoms with Gasteiger partial charge in [0, 0.05) is 11.1 Å². The largest absolute Gasteiger partial charge is 0.506 e. The van der Waals surface area contributed by atoms with Gasteiger partial charge in [-0.1, -0.05) is 23.8 Å². The number of imide groups is 1. The van der Waals surface area contributed by atoms with Gasteiger partial charge in [-0.15, -0.1) is 0 Å². The van der Waals surface area contributed by atoms with E-state index in [1.165, 1.54) is 18.2 Å². The number of nitrogens with one attached hydrogen (secondary N) is 1. The molecule has 1 heterocycles. The molecule has 0 unspecified atom stereocenters. The second-order valence-corrected chi connectivity index (χ2v) is 8.46. The molecule has 2 bridgehead atoms. The molecule has 7 atom stereocenters. The average molecular weight is 387 g/mol. The number of carbonyl (C=O) groups is 3. The Bertz CT molecular complexity index is 877. The minimum atomic E-state index is -0.943. The summed E-state index contributed by atoms with van der Waals surface area (Å²) in [4.78, 5) is 39.9. The first-order valence-electron chi connectivity index (χ1n) is 9.23. The Morgan fingerprint density at radius 2 is 1.78 bits per heavy atom. The van der Waals surface area contributed by atoms with Crippen LogP contribution in [0.4, 0.5) is 5.69 Å². The van der Waals surface area contributed by atoms with Crippen molar-refractivity contribution in [2.24, 2.45) is 35.5 Å². The lowest BCUT2D eigenvalue weighted by atomic mass is 9.63. The number of allylic oxidation sites excluding steroid dienone is 2. The highest BCUT2D eigenvalue weighted by Gasteiger charge is 2.67. The lowest BCUT2D eigenvalue weighted by Crippen LogP contribution is -2.46. The number of phenolic OH excluding ortho intramolecular Hbond substituents is 1. The molecular weight excluding hydrogens is 368 g/mol. The molecule has 0 radical (unpaired) electrons. The van der Waals surface area contributed by atoms with Crippen molar-refractivity contribution in [2.45, 2.75) is 19.4 Å². The number of amides is 3. The first-order chi connectivity index (χ1) is 12.9. The summed E-state index contributed by atoms with van der Waals surface area (Å²) in [6.45, 7) is 1.55. The Morgan fingerprint density at radius 3 is 2.33 bits per heavy atom. The number of carbonyl (C=O) groups excluding carboxylic acids is 3. The highest BCUT2D eigenvalue weighted by atomic mass is 35.5. The van der Waals surface area contributed by atoms with E-state index < -0.39 is 11.9 Å². The van der Waals surface area contributed by atoms with Gasteiger partial charge in [0.1, 0.15) is 11.8 Å². The van der Waals surface area contributed by atoms with E-state index in [0.717, 1.165) is 11.3 Å². The SMILES string of the molecule is C[C@H](C(=O)Nc1ccc(Cl)cc1O)N1C(=O)[C@@H]2[C@H]3C=C[C@@H]([C@@H]4C[C@@H]34)[C@@H]2C1=O. The summed E-state index contributed by atoms with van der Waals surface area (Å²) in [7, 11) is 0. The Morgan fingerprint density at radius 1 is 1.19 bits per heavy atom. The van der Waals surface area contributed by atoms with Gasteiger partial charge in [0.05, 0.1) is 17.5 Å². The van der Waals surface area contributed by atoms with Crippen LogP contribution in [-0.2, 0) is 14.4 Å². The van der Waals surface area contributed by atoms with Crippen molar-refractivity contribution in [3.63, 3.8) is 0 Å². The Balaban J connectivity index is 1.38. The van der Waals surface area contributed by atoms with Crippen molar-refractivity contribution in [3.05, 3.63) is 35.4 Å². The van der Waals surface area contributed by atoms with Crippen LogP contribution in [0, 0.1) is 35.5 Å². The second-order valence-electron chi connectivity index (χ2n) is 8.03. The number of halogens is 1. The number of likely N-dealkylation sites (tertiary alicyclic amines) is 1. The van der Waals surface area contributed by atoms with E-state index in [4.69, 9.17) is 11.6 Å². The molecule has 0 spiro atoms. The van der Waals surface area contributed by atoms with E-state index in [2.05, 4.69) is 17.5 Å². The van der Waals surface area contributed by atoms with Gasteiger partial charge in [-0.3, -0.25) is 19.3 Å². The standard InChI is InChI=1S/C20H19ClN2O4/c1-8(18(25)22-14-5-2-9(21)6-15(14)24)23-19(26)16-10-3-4-11(13-7-12(10)13)17(16)20(23)27/h2-6,8,10-13,16-17,24H,7H2,1H3,(H,22,25)/t8-,10+,11+,12+,13+,16-,17+/m1/s1. The zero-order valence-corrected chi connectivity index (χ0v) is 15.4. The molecule has 1 aromatic rings. The van der Waals surface area contributed by atoms with Crippen LogP contribution >= 0.6 is 11.6 Å². The van der Waals surface area contributed by atoms with Crippen LogP contribution in [0.25, 0.3) is 0 Å². The lowest BCUT2D eigenvalue weighted by Gasteiger charge is -2.37. The van der Waals surface area contributed by atoms with Crippen LogP contribution in [0.1, 0.15) is 13.3 Å². The molecule has 2 N–H and O–H groups in total. The Kier molecular flexibility index (Phi) is 3.47. The molecule has 2 saturated carbocycles. The maximum Gasteiger partial charge on any atom is 0.247 e. The number of phenols is 1. The van der Waals surface area contributed by atoms with E-state index in [1.807, 2.05) is 0 Å². The third-order valence-electron chi connectivity index (χ3n) is 6.68. The molecule has 5 aliphatic rings. The van der Waals surface area contributed by atoms with Crippen LogP contribution in [-0.4, -0.2) is 33.8 Å². The van der Waals surface area contributed by atoms with Crippen molar-refractivity contribution in [3.8, 4) is 5.75 Å². The van der Waals surface area contributed by atoms with Gasteiger partial charge in [-0.2, -0.15) is 0 Å². The normalized spacial score (nSPS) is 36.4. The molecule has 7 heteroatoms. The summed E-state index contributed by atoms with van der Waals surface area (Å²) in [5.41, 5.74) is 0.191. The molecule has 0 aromatic heterocycles. The monoisotopic (exact) mass is 386 g/mol. The molecule has 4 aliphatic carbocycles. The molecule has 1 aliphatic heterocycles. The van der Waals surface area contributed by atoms with Crippen LogP contribution in [0.5, 0.6) is 5.75 Å². The van der Waals surface area contributed by atoms with E-state index in [0.29, 0.717) is 16.9 Å². The van der Waals surface area contributed by atoms with E-state index in [9.17, 15) is 19.5 Å². The highest BCUT2D eigenvalue weighted by Crippen LogP contribution is 2.65. The maximum atomic E-state index is 13.0. The Labute approximate surface area is 161 Å². The van der Waals surface area contributed by atoms with Crippen LogP contribution < -0.4 is 5.32 Å². The fraction of sp³-hybridized carbons (Fsp3) is 0.450. The average Bonchev–Trinajstić information content (AvgIpc) is 3.41. The van der Waals surface area contributed by atoms with E-state index in [1.54, 1.807) is 6.92 Å². The first-order valence-corrected chi connectivity index (χ1v) is 9.61. The summed E-state index contributed by atoms with van der Waals surface area (Å²) in [6.07, 6.45) is 5.30. The first kappa shape index (κ1) is 16.8. The van der Waals surface area contributed by atoms with Gasteiger partial charge in [0.25, 0.3) is 0 Å². The van der Waals surface area contributed by atoms with Crippen molar-refractivity contribution in [2.75, 3.05) is 5.32 Å². The topological polar surface area (TPSA) is 86.7 Å². The maximum absolute atomic E-state index is 13.0. The van der Waals surface area contributed by atoms with Crippen LogP contribution in [0.2, 0.25) is 5.02 Å². The molecule has 140 valence electrons. The predicted octanol–water partition coefficient (Wildman–Crippen LogP) is 2.43. The number of anilines is 1. The third kappa shape index (κ3) is 2.29. The van der Waals surface area contributed by atoms with Crippen molar-refractivity contribution < 1.29 is 19.5 Å². The van der Waals surface area contributed by atoms with Gasteiger partial charge in [-0.25, -0.2) is 0 Å². The minimum absolute atomic E-state index is 0.127. The lowest BCUT2D eigenvalue weighted by molar-refractivity contribution is -0.146. The predicted molar refractivity (Wildman–Crippen MR) is 97.8 cm³/mol. The van der Waals surface area contributed by atoms with Crippen LogP contribution in [0.3, 0.4) is 0 Å². The van der Waals surface area contributed by atoms with Gasteiger partial charge in [-0.05, 0) is 49.1 Å². The van der Waals surface area contributed by atoms with Gasteiger partial charge >= 0.3 is 0 Å². The molecule has 6 nitrogen and oxygen atoms in total. The zero-order chi connectivity index (χ0) is 19.0. The molecule has 3 fully saturated rings. The van der Waals surface area contributed by atoms with Gasteiger partial charge in [0.2, 0.25) is 17.7 Å². The number of benzene rings is 1. The number of nitrogens with zero attached hydrogens (tertiary/aromatic N) is 1. The van der Waals surface area contributed by atoms with Crippen molar-refractivity contribution in [1.29, 1.82) is 0 Å². The molecule has 1 saturated heterocycles. The summed E-state index contributed by atoms with van der Waals surface area (Å²) < 4.78 is 0. The quantitative estimate of drug-likeness (QED) is 0.474. The van der Waals surface area contributed by atoms with Crippen molar-refractivity contribution >= 4 is 35.0 Å². The minimum Gasteiger partial charge on any atom is -0.506 e. The molecular formula is C20H19ClN2O4. The smallest absolute Gasteiger partial charge is 0.247 e. The van der Waals surface area contributed by atoms with Crippen molar-refractivity contribution in [1.82, 2.24) is 4.90 Å². The van der Waals surface area contributed by atoms with Gasteiger partial charge < -0.3 is 10.4 Å². The van der Waals surface area contributed by atoms with Crippen LogP contribution in [0.15, 0.2) is 30.4 Å². The molecule has 27 heavy (non-hydrogen) atoms. The molecule has 6 rings (SSSR count). The summed E-state index contributed by atoms with van der Waals surface area (Å²) in [5.74, 6) is -0.511. The summed E-state index contributed by atoms with van der Waals surface area (Å²) in [5, 5.41) is 12.8. The molecule has 3 amide bonds.